The molecule has 2 aliphatic heterocycles. The number of carbonyl (C=O) groups is 1. The van der Waals surface area contributed by atoms with Gasteiger partial charge in [-0.2, -0.15) is 0 Å². The largest absolute Gasteiger partial charge is 0.390 e. The zero-order valence-corrected chi connectivity index (χ0v) is 13.6. The van der Waals surface area contributed by atoms with Crippen LogP contribution in [0.1, 0.15) is 32.1 Å². The Labute approximate surface area is 132 Å². The maximum atomic E-state index is 12.0. The van der Waals surface area contributed by atoms with E-state index in [1.165, 1.54) is 0 Å². The second-order valence-electron chi connectivity index (χ2n) is 6.35. The van der Waals surface area contributed by atoms with Crippen LogP contribution in [0.4, 0.5) is 0 Å². The minimum Gasteiger partial charge on any atom is -0.390 e. The van der Waals surface area contributed by atoms with Crippen molar-refractivity contribution in [2.24, 2.45) is 5.73 Å². The Morgan fingerprint density at radius 3 is 2.73 bits per heavy atom. The summed E-state index contributed by atoms with van der Waals surface area (Å²) in [7, 11) is 3.16. The summed E-state index contributed by atoms with van der Waals surface area (Å²) in [6.07, 6.45) is 3.89. The van der Waals surface area contributed by atoms with E-state index in [1.807, 2.05) is 0 Å². The van der Waals surface area contributed by atoms with Gasteiger partial charge in [0, 0.05) is 39.9 Å². The first-order chi connectivity index (χ1) is 10.5. The number of aliphatic hydroxyl groups excluding tert-OH is 1. The fourth-order valence-electron chi connectivity index (χ4n) is 3.89. The number of β-amino-alcohol motifs (C(OH)–C–C–N with tert-alkyl or cyclic N) is 1. The first kappa shape index (κ1) is 17.6. The van der Waals surface area contributed by atoms with Crippen LogP contribution in [0, 0.1) is 0 Å². The maximum absolute atomic E-state index is 12.0. The number of primary amides is 1. The predicted octanol–water partition coefficient (Wildman–Crippen LogP) is -0.572. The van der Waals surface area contributed by atoms with Crippen LogP contribution in [0.5, 0.6) is 0 Å². The molecule has 2 bridgehead atoms. The lowest BCUT2D eigenvalue weighted by molar-refractivity contribution is -0.132. The molecule has 2 saturated heterocycles. The van der Waals surface area contributed by atoms with Crippen LogP contribution in [0.15, 0.2) is 0 Å². The fourth-order valence-corrected chi connectivity index (χ4v) is 3.89. The summed E-state index contributed by atoms with van der Waals surface area (Å²) in [4.78, 5) is 14.1. The van der Waals surface area contributed by atoms with Gasteiger partial charge in [0.2, 0.25) is 5.91 Å². The summed E-state index contributed by atoms with van der Waals surface area (Å²) in [6, 6.07) is 0.376. The third kappa shape index (κ3) is 3.60. The van der Waals surface area contributed by atoms with Gasteiger partial charge in [-0.15, -0.1) is 0 Å². The lowest BCUT2D eigenvalue weighted by atomic mass is 9.87. The Balaban J connectivity index is 1.85. The van der Waals surface area contributed by atoms with Gasteiger partial charge in [-0.25, -0.2) is 0 Å². The number of nitrogens with one attached hydrogen (secondary N) is 1. The molecule has 7 heteroatoms. The summed E-state index contributed by atoms with van der Waals surface area (Å²) in [5.41, 5.74) is 5.13. The standard InChI is InChI=1S/C15H29N3O4/c1-21-13(22-2)9-17-8-12(19)10-18-11-4-3-6-15(18,7-5-11)14(16)20/h11-13,17,19H,3-10H2,1-2H3,(H2,16,20)/t11-,12?,15+/m1/s1. The molecule has 0 aromatic heterocycles. The molecule has 0 aromatic rings. The summed E-state index contributed by atoms with van der Waals surface area (Å²) >= 11 is 0. The number of rotatable bonds is 9. The maximum Gasteiger partial charge on any atom is 0.237 e. The van der Waals surface area contributed by atoms with E-state index in [0.717, 1.165) is 32.1 Å². The molecule has 0 saturated carbocycles. The number of nitrogens with zero attached hydrogens (tertiary/aromatic N) is 1. The van der Waals surface area contributed by atoms with Crippen molar-refractivity contribution in [3.8, 4) is 0 Å². The molecule has 1 amide bonds. The highest BCUT2D eigenvalue weighted by Crippen LogP contribution is 2.43. The van der Waals surface area contributed by atoms with Gasteiger partial charge in [-0.05, 0) is 32.1 Å². The Hall–Kier alpha value is -0.730. The van der Waals surface area contributed by atoms with Gasteiger partial charge in [0.05, 0.1) is 6.10 Å². The summed E-state index contributed by atoms with van der Waals surface area (Å²) in [6.45, 7) is 1.42. The topological polar surface area (TPSA) is 97.0 Å². The highest BCUT2D eigenvalue weighted by Gasteiger charge is 2.52. The van der Waals surface area contributed by atoms with Crippen molar-refractivity contribution >= 4 is 5.91 Å². The molecule has 0 radical (unpaired) electrons. The Bertz CT molecular complexity index is 374. The molecule has 2 rings (SSSR count). The molecule has 0 aromatic carbocycles. The molecule has 128 valence electrons. The Kier molecular flexibility index (Phi) is 6.17. The number of methoxy groups -OCH3 is 2. The zero-order chi connectivity index (χ0) is 16.2. The van der Waals surface area contributed by atoms with Gasteiger partial charge in [-0.3, -0.25) is 9.69 Å². The number of amides is 1. The van der Waals surface area contributed by atoms with Crippen LogP contribution in [-0.2, 0) is 14.3 Å². The summed E-state index contributed by atoms with van der Waals surface area (Å²) < 4.78 is 10.2. The number of nitrogens with two attached hydrogens (primary N) is 1. The normalized spacial score (nSPS) is 29.9. The van der Waals surface area contributed by atoms with Crippen LogP contribution in [0.2, 0.25) is 0 Å². The highest BCUT2D eigenvalue weighted by molar-refractivity contribution is 5.85. The van der Waals surface area contributed by atoms with Crippen molar-refractivity contribution in [3.05, 3.63) is 0 Å². The minimum atomic E-state index is -0.549. The van der Waals surface area contributed by atoms with E-state index in [1.54, 1.807) is 14.2 Å². The average molecular weight is 315 g/mol. The first-order valence-electron chi connectivity index (χ1n) is 8.04. The van der Waals surface area contributed by atoms with Crippen LogP contribution in [-0.4, -0.2) is 73.7 Å². The fraction of sp³-hybridized carbons (Fsp3) is 0.933. The third-order valence-corrected chi connectivity index (χ3v) is 5.09. The molecule has 3 atom stereocenters. The number of piperidine rings is 1. The second kappa shape index (κ2) is 7.70. The second-order valence-corrected chi connectivity index (χ2v) is 6.35. The predicted molar refractivity (Wildman–Crippen MR) is 82.2 cm³/mol. The van der Waals surface area contributed by atoms with Crippen LogP contribution < -0.4 is 11.1 Å². The summed E-state index contributed by atoms with van der Waals surface area (Å²) in [5.74, 6) is -0.242. The molecular formula is C15H29N3O4. The molecule has 2 aliphatic rings. The number of carbonyl (C=O) groups excluding carboxylic acids is 1. The molecule has 1 unspecified atom stereocenters. The van der Waals surface area contributed by atoms with Crippen molar-refractivity contribution < 1.29 is 19.4 Å². The Morgan fingerprint density at radius 1 is 1.36 bits per heavy atom. The van der Waals surface area contributed by atoms with E-state index in [-0.39, 0.29) is 12.2 Å². The molecule has 2 fully saturated rings. The Morgan fingerprint density at radius 2 is 2.09 bits per heavy atom. The number of ether oxygens (including phenoxy) is 2. The molecule has 22 heavy (non-hydrogen) atoms. The van der Waals surface area contributed by atoms with Crippen LogP contribution in [0.25, 0.3) is 0 Å². The number of aliphatic hydroxyl groups is 1. The lowest BCUT2D eigenvalue weighted by Gasteiger charge is -2.43. The van der Waals surface area contributed by atoms with E-state index >= 15 is 0 Å². The van der Waals surface area contributed by atoms with Crippen molar-refractivity contribution in [3.63, 3.8) is 0 Å². The molecule has 0 spiro atoms. The molecule has 4 N–H and O–H groups in total. The van der Waals surface area contributed by atoms with E-state index in [2.05, 4.69) is 10.2 Å². The van der Waals surface area contributed by atoms with Crippen molar-refractivity contribution in [1.29, 1.82) is 0 Å². The number of hydrogen-bond acceptors (Lipinski definition) is 6. The van der Waals surface area contributed by atoms with Crippen molar-refractivity contribution in [1.82, 2.24) is 10.2 Å². The molecule has 0 aliphatic carbocycles. The van der Waals surface area contributed by atoms with E-state index < -0.39 is 11.6 Å². The van der Waals surface area contributed by atoms with Gasteiger partial charge >= 0.3 is 0 Å². The van der Waals surface area contributed by atoms with Gasteiger partial charge in [-0.1, -0.05) is 0 Å². The SMILES string of the molecule is COC(CNCC(O)CN1[C@@H]2CCC[C@@]1(C(N)=O)CC2)OC. The van der Waals surface area contributed by atoms with Gasteiger partial charge < -0.3 is 25.6 Å². The third-order valence-electron chi connectivity index (χ3n) is 5.09. The molecule has 2 heterocycles. The van der Waals surface area contributed by atoms with Crippen LogP contribution >= 0.6 is 0 Å². The number of fused-ring (bicyclic) bond motifs is 2. The monoisotopic (exact) mass is 315 g/mol. The van der Waals surface area contributed by atoms with Crippen molar-refractivity contribution in [2.75, 3.05) is 33.9 Å². The lowest BCUT2D eigenvalue weighted by Crippen LogP contribution is -2.60. The average Bonchev–Trinajstić information content (AvgIpc) is 2.71. The van der Waals surface area contributed by atoms with E-state index in [9.17, 15) is 9.90 Å². The molecular weight excluding hydrogens is 286 g/mol. The minimum absolute atomic E-state index is 0.242. The summed E-state index contributed by atoms with van der Waals surface area (Å²) in [5, 5.41) is 13.4. The molecule has 7 nitrogen and oxygen atoms in total. The van der Waals surface area contributed by atoms with E-state index in [0.29, 0.717) is 25.7 Å². The van der Waals surface area contributed by atoms with Gasteiger partial charge in [0.15, 0.2) is 6.29 Å². The van der Waals surface area contributed by atoms with Crippen molar-refractivity contribution in [2.45, 2.75) is 56.1 Å². The van der Waals surface area contributed by atoms with Crippen LogP contribution in [0.3, 0.4) is 0 Å². The van der Waals surface area contributed by atoms with Gasteiger partial charge in [0.25, 0.3) is 0 Å². The number of hydrogen-bond donors (Lipinski definition) is 3. The smallest absolute Gasteiger partial charge is 0.237 e. The van der Waals surface area contributed by atoms with Gasteiger partial charge in [0.1, 0.15) is 5.54 Å². The zero-order valence-electron chi connectivity index (χ0n) is 13.6. The first-order valence-corrected chi connectivity index (χ1v) is 8.04. The highest BCUT2D eigenvalue weighted by atomic mass is 16.7. The van der Waals surface area contributed by atoms with E-state index in [4.69, 9.17) is 15.2 Å². The quantitative estimate of drug-likeness (QED) is 0.493.